The maximum atomic E-state index is 13.1. The number of anilines is 2. The minimum atomic E-state index is -3.80. The van der Waals surface area contributed by atoms with Crippen LogP contribution in [0.5, 0.6) is 0 Å². The molecule has 0 atom stereocenters. The first-order chi connectivity index (χ1) is 14.3. The number of aryl methyl sites for hydroxylation is 2. The van der Waals surface area contributed by atoms with Gasteiger partial charge in [0.25, 0.3) is 15.9 Å². The fourth-order valence-corrected chi connectivity index (χ4v) is 6.22. The molecule has 5 nitrogen and oxygen atoms in total. The lowest BCUT2D eigenvalue weighted by Crippen LogP contribution is -2.19. The second-order valence-electron chi connectivity index (χ2n) is 7.29. The van der Waals surface area contributed by atoms with Crippen molar-refractivity contribution in [2.24, 2.45) is 0 Å². The van der Waals surface area contributed by atoms with E-state index in [2.05, 4.69) is 10.0 Å². The van der Waals surface area contributed by atoms with Crippen molar-refractivity contribution in [3.05, 3.63) is 75.1 Å². The van der Waals surface area contributed by atoms with E-state index in [0.717, 1.165) is 41.7 Å². The summed E-state index contributed by atoms with van der Waals surface area (Å²) in [5, 5.41) is 3.82. The monoisotopic (exact) mass is 460 g/mol. The standard InChI is InChI=1S/C22H21ClN2O3S2/c1-14-6-12-17(13-7-14)30(27,28)25-22-20(18-4-2-3-5-19(18)29-22)21(26)24-16-10-8-15(23)9-11-16/h6-13,25H,2-5H2,1H3,(H,24,26). The SMILES string of the molecule is Cc1ccc(S(=O)(=O)Nc2sc3c(c2C(=O)Nc2ccc(Cl)cc2)CCCC3)cc1. The van der Waals surface area contributed by atoms with Crippen molar-refractivity contribution in [1.29, 1.82) is 0 Å². The number of benzene rings is 2. The van der Waals surface area contributed by atoms with Gasteiger partial charge in [0.2, 0.25) is 0 Å². The highest BCUT2D eigenvalue weighted by atomic mass is 35.5. The van der Waals surface area contributed by atoms with Crippen molar-refractivity contribution < 1.29 is 13.2 Å². The van der Waals surface area contributed by atoms with Crippen LogP contribution in [0.25, 0.3) is 0 Å². The molecule has 30 heavy (non-hydrogen) atoms. The summed E-state index contributed by atoms with van der Waals surface area (Å²) >= 11 is 7.28. The van der Waals surface area contributed by atoms with Gasteiger partial charge in [-0.1, -0.05) is 29.3 Å². The summed E-state index contributed by atoms with van der Waals surface area (Å²) in [6.07, 6.45) is 3.64. The molecule has 0 fully saturated rings. The summed E-state index contributed by atoms with van der Waals surface area (Å²) in [6.45, 7) is 1.90. The fraction of sp³-hybridized carbons (Fsp3) is 0.227. The van der Waals surface area contributed by atoms with Gasteiger partial charge in [-0.25, -0.2) is 8.42 Å². The van der Waals surface area contributed by atoms with E-state index in [0.29, 0.717) is 21.3 Å². The highest BCUT2D eigenvalue weighted by Crippen LogP contribution is 2.39. The van der Waals surface area contributed by atoms with Crippen LogP contribution in [-0.4, -0.2) is 14.3 Å². The summed E-state index contributed by atoms with van der Waals surface area (Å²) in [6, 6.07) is 13.5. The molecule has 156 valence electrons. The van der Waals surface area contributed by atoms with Crippen LogP contribution in [-0.2, 0) is 22.9 Å². The Hall–Kier alpha value is -2.35. The van der Waals surface area contributed by atoms with E-state index >= 15 is 0 Å². The predicted molar refractivity (Wildman–Crippen MR) is 122 cm³/mol. The number of sulfonamides is 1. The van der Waals surface area contributed by atoms with Crippen LogP contribution < -0.4 is 10.0 Å². The average molecular weight is 461 g/mol. The largest absolute Gasteiger partial charge is 0.322 e. The number of amides is 1. The fourth-order valence-electron chi connectivity index (χ4n) is 3.50. The summed E-state index contributed by atoms with van der Waals surface area (Å²) in [4.78, 5) is 14.4. The van der Waals surface area contributed by atoms with Crippen LogP contribution in [0, 0.1) is 6.92 Å². The lowest BCUT2D eigenvalue weighted by atomic mass is 9.95. The molecule has 4 rings (SSSR count). The third-order valence-electron chi connectivity index (χ3n) is 5.06. The molecule has 1 aliphatic rings. The molecular formula is C22H21ClN2O3S2. The van der Waals surface area contributed by atoms with E-state index in [1.54, 1.807) is 48.5 Å². The normalized spacial score (nSPS) is 13.5. The first-order valence-corrected chi connectivity index (χ1v) is 12.3. The molecule has 1 heterocycles. The minimum Gasteiger partial charge on any atom is -0.322 e. The molecule has 1 aliphatic carbocycles. The van der Waals surface area contributed by atoms with Crippen molar-refractivity contribution in [2.75, 3.05) is 10.0 Å². The summed E-state index contributed by atoms with van der Waals surface area (Å²) in [5.74, 6) is -0.321. The summed E-state index contributed by atoms with van der Waals surface area (Å²) in [5.41, 5.74) is 2.94. The maximum Gasteiger partial charge on any atom is 0.262 e. The Bertz CT molecular complexity index is 1180. The molecule has 0 radical (unpaired) electrons. The van der Waals surface area contributed by atoms with Crippen molar-refractivity contribution >= 4 is 49.6 Å². The number of fused-ring (bicyclic) bond motifs is 1. The lowest BCUT2D eigenvalue weighted by Gasteiger charge is -2.14. The zero-order chi connectivity index (χ0) is 21.3. The van der Waals surface area contributed by atoms with Gasteiger partial charge >= 0.3 is 0 Å². The van der Waals surface area contributed by atoms with Gasteiger partial charge in [-0.3, -0.25) is 9.52 Å². The van der Waals surface area contributed by atoms with Crippen molar-refractivity contribution in [3.63, 3.8) is 0 Å². The molecule has 0 saturated heterocycles. The van der Waals surface area contributed by atoms with E-state index in [4.69, 9.17) is 11.6 Å². The molecular weight excluding hydrogens is 440 g/mol. The Morgan fingerprint density at radius 3 is 2.37 bits per heavy atom. The predicted octanol–water partition coefficient (Wildman–Crippen LogP) is 5.64. The molecule has 2 aromatic carbocycles. The average Bonchev–Trinajstić information content (AvgIpc) is 3.07. The molecule has 0 saturated carbocycles. The van der Waals surface area contributed by atoms with Crippen molar-refractivity contribution in [3.8, 4) is 0 Å². The van der Waals surface area contributed by atoms with Gasteiger partial charge in [-0.2, -0.15) is 0 Å². The van der Waals surface area contributed by atoms with Gasteiger partial charge in [0.05, 0.1) is 10.5 Å². The Balaban J connectivity index is 1.69. The Morgan fingerprint density at radius 2 is 1.67 bits per heavy atom. The van der Waals surface area contributed by atoms with E-state index in [9.17, 15) is 13.2 Å². The second kappa shape index (κ2) is 8.41. The highest BCUT2D eigenvalue weighted by Gasteiger charge is 2.28. The molecule has 3 aromatic rings. The number of carbonyl (C=O) groups is 1. The third kappa shape index (κ3) is 4.38. The zero-order valence-corrected chi connectivity index (χ0v) is 18.8. The number of halogens is 1. The minimum absolute atomic E-state index is 0.170. The van der Waals surface area contributed by atoms with E-state index < -0.39 is 10.0 Å². The smallest absolute Gasteiger partial charge is 0.262 e. The molecule has 0 aliphatic heterocycles. The highest BCUT2D eigenvalue weighted by molar-refractivity contribution is 7.93. The van der Waals surface area contributed by atoms with Crippen LogP contribution >= 0.6 is 22.9 Å². The topological polar surface area (TPSA) is 75.3 Å². The Labute approximate surface area is 185 Å². The van der Waals surface area contributed by atoms with E-state index in [1.165, 1.54) is 11.3 Å². The van der Waals surface area contributed by atoms with Gasteiger partial charge in [-0.15, -0.1) is 11.3 Å². The number of thiophene rings is 1. The second-order valence-corrected chi connectivity index (χ2v) is 10.5. The molecule has 1 amide bonds. The number of hydrogen-bond acceptors (Lipinski definition) is 4. The van der Waals surface area contributed by atoms with E-state index in [-0.39, 0.29) is 10.8 Å². The number of nitrogens with one attached hydrogen (secondary N) is 2. The maximum absolute atomic E-state index is 13.1. The van der Waals surface area contributed by atoms with Gasteiger partial charge in [0, 0.05) is 15.6 Å². The van der Waals surface area contributed by atoms with E-state index in [1.807, 2.05) is 6.92 Å². The third-order valence-corrected chi connectivity index (χ3v) is 8.01. The number of rotatable bonds is 5. The molecule has 8 heteroatoms. The van der Waals surface area contributed by atoms with Crippen LogP contribution in [0.2, 0.25) is 5.02 Å². The number of hydrogen-bond donors (Lipinski definition) is 2. The quantitative estimate of drug-likeness (QED) is 0.517. The Kier molecular flexibility index (Phi) is 5.86. The number of carbonyl (C=O) groups excluding carboxylic acids is 1. The lowest BCUT2D eigenvalue weighted by molar-refractivity contribution is 0.102. The van der Waals surface area contributed by atoms with Crippen molar-refractivity contribution in [2.45, 2.75) is 37.5 Å². The molecule has 0 bridgehead atoms. The molecule has 1 aromatic heterocycles. The first-order valence-electron chi connectivity index (χ1n) is 9.64. The van der Waals surface area contributed by atoms with Crippen LogP contribution in [0.15, 0.2) is 53.4 Å². The molecule has 0 unspecified atom stereocenters. The van der Waals surface area contributed by atoms with Gasteiger partial charge < -0.3 is 5.32 Å². The van der Waals surface area contributed by atoms with Gasteiger partial charge in [-0.05, 0) is 74.6 Å². The first kappa shape index (κ1) is 20.9. The zero-order valence-electron chi connectivity index (χ0n) is 16.4. The Morgan fingerprint density at radius 1 is 1.00 bits per heavy atom. The van der Waals surface area contributed by atoms with Crippen LogP contribution in [0.3, 0.4) is 0 Å². The summed E-state index contributed by atoms with van der Waals surface area (Å²) < 4.78 is 28.6. The van der Waals surface area contributed by atoms with Gasteiger partial charge in [0.1, 0.15) is 5.00 Å². The molecule has 2 N–H and O–H groups in total. The molecule has 0 spiro atoms. The van der Waals surface area contributed by atoms with Gasteiger partial charge in [0.15, 0.2) is 0 Å². The van der Waals surface area contributed by atoms with Crippen molar-refractivity contribution in [1.82, 2.24) is 0 Å². The van der Waals surface area contributed by atoms with Crippen LogP contribution in [0.4, 0.5) is 10.7 Å². The summed E-state index contributed by atoms with van der Waals surface area (Å²) in [7, 11) is -3.80. The van der Waals surface area contributed by atoms with Crippen LogP contribution in [0.1, 0.15) is 39.2 Å².